The van der Waals surface area contributed by atoms with Crippen molar-refractivity contribution in [2.45, 2.75) is 38.0 Å². The van der Waals surface area contributed by atoms with Crippen LogP contribution in [0.4, 0.5) is 13.6 Å². The highest BCUT2D eigenvalue weighted by Gasteiger charge is 2.52. The molecule has 5 rings (SSSR count). The minimum Gasteiger partial charge on any atom is -0.489 e. The number of halogens is 2. The van der Waals surface area contributed by atoms with Crippen LogP contribution < -0.4 is 15.5 Å². The van der Waals surface area contributed by atoms with E-state index < -0.39 is 51.7 Å². The van der Waals surface area contributed by atoms with Gasteiger partial charge in [0.05, 0.1) is 28.0 Å². The van der Waals surface area contributed by atoms with Gasteiger partial charge >= 0.3 is 12.1 Å². The third-order valence-electron chi connectivity index (χ3n) is 6.27. The molecule has 176 valence electrons. The molecule has 1 atom stereocenters. The van der Waals surface area contributed by atoms with Crippen molar-refractivity contribution in [2.75, 3.05) is 6.61 Å². The van der Waals surface area contributed by atoms with Gasteiger partial charge in [-0.3, -0.25) is 4.79 Å². The first-order valence-electron chi connectivity index (χ1n) is 10.7. The largest absolute Gasteiger partial charge is 0.489 e. The number of alkyl carbamates (subject to hydrolysis) is 1. The second-order valence-corrected chi connectivity index (χ2v) is 8.57. The molecule has 0 radical (unpaired) electrons. The summed E-state index contributed by atoms with van der Waals surface area (Å²) < 4.78 is 43.2. The molecule has 0 spiro atoms. The van der Waals surface area contributed by atoms with Gasteiger partial charge in [-0.05, 0) is 25.3 Å². The van der Waals surface area contributed by atoms with Gasteiger partial charge in [-0.2, -0.15) is 0 Å². The number of ether oxygens (including phenoxy) is 2. The molecule has 1 aliphatic heterocycles. The Morgan fingerprint density at radius 3 is 2.59 bits per heavy atom. The highest BCUT2D eigenvalue weighted by atomic mass is 19.2. The van der Waals surface area contributed by atoms with Crippen LogP contribution in [0.15, 0.2) is 41.3 Å². The number of carboxylic acids is 1. The van der Waals surface area contributed by atoms with Crippen molar-refractivity contribution in [3.63, 3.8) is 0 Å². The van der Waals surface area contributed by atoms with Crippen molar-refractivity contribution < 1.29 is 33.0 Å². The summed E-state index contributed by atoms with van der Waals surface area (Å²) >= 11 is 0. The predicted octanol–water partition coefficient (Wildman–Crippen LogP) is 3.85. The van der Waals surface area contributed by atoms with Crippen LogP contribution in [0.3, 0.4) is 0 Å². The molecule has 1 amide bonds. The van der Waals surface area contributed by atoms with Gasteiger partial charge in [0.1, 0.15) is 18.8 Å². The molecule has 0 saturated heterocycles. The number of carbonyl (C=O) groups excluding carboxylic acids is 1. The van der Waals surface area contributed by atoms with E-state index in [0.29, 0.717) is 12.8 Å². The zero-order chi connectivity index (χ0) is 24.2. The van der Waals surface area contributed by atoms with Gasteiger partial charge in [0, 0.05) is 6.20 Å². The Kier molecular flexibility index (Phi) is 5.03. The van der Waals surface area contributed by atoms with E-state index in [9.17, 15) is 19.5 Å². The van der Waals surface area contributed by atoms with Crippen LogP contribution in [-0.4, -0.2) is 28.3 Å². The Hall–Kier alpha value is -3.95. The summed E-state index contributed by atoms with van der Waals surface area (Å²) in [5.74, 6) is -4.45. The topological polar surface area (TPSA) is 107 Å². The molecule has 2 heterocycles. The van der Waals surface area contributed by atoms with Crippen LogP contribution in [0.1, 0.15) is 47.3 Å². The molecule has 34 heavy (non-hydrogen) atoms. The van der Waals surface area contributed by atoms with E-state index in [4.69, 9.17) is 9.47 Å². The molecule has 3 aromatic rings. The number of amides is 1. The highest BCUT2D eigenvalue weighted by Crippen LogP contribution is 2.53. The zero-order valence-electron chi connectivity index (χ0n) is 18.1. The van der Waals surface area contributed by atoms with Gasteiger partial charge < -0.3 is 24.5 Å². The maximum Gasteiger partial charge on any atom is 0.408 e. The Balaban J connectivity index is 1.59. The SMILES string of the molecule is CC1COc2c(C3(NC(=O)OCc4ccccc4)CC3)c(F)c(F)c3c(=O)c(C(=O)O)cn1c23. The van der Waals surface area contributed by atoms with Crippen LogP contribution in [0, 0.1) is 11.6 Å². The van der Waals surface area contributed by atoms with Crippen LogP contribution in [0.5, 0.6) is 5.75 Å². The van der Waals surface area contributed by atoms with Crippen LogP contribution in [0.25, 0.3) is 10.9 Å². The third kappa shape index (κ3) is 3.37. The molecule has 10 heteroatoms. The summed E-state index contributed by atoms with van der Waals surface area (Å²) in [7, 11) is 0. The number of nitrogens with zero attached hydrogens (tertiary/aromatic N) is 1. The molecule has 8 nitrogen and oxygen atoms in total. The quantitative estimate of drug-likeness (QED) is 0.587. The first-order chi connectivity index (χ1) is 16.2. The molecule has 1 fully saturated rings. The number of carboxylic acid groups (broad SMARTS) is 1. The van der Waals surface area contributed by atoms with Crippen LogP contribution in [0.2, 0.25) is 0 Å². The molecule has 1 aromatic heterocycles. The average Bonchev–Trinajstić information content (AvgIpc) is 3.58. The molecule has 1 unspecified atom stereocenters. The lowest BCUT2D eigenvalue weighted by Gasteiger charge is -2.31. The van der Waals surface area contributed by atoms with E-state index in [1.165, 1.54) is 4.57 Å². The van der Waals surface area contributed by atoms with Crippen molar-refractivity contribution in [2.24, 2.45) is 0 Å². The fourth-order valence-corrected chi connectivity index (χ4v) is 4.37. The number of pyridine rings is 1. The minimum atomic E-state index is -1.54. The van der Waals surface area contributed by atoms with Gasteiger partial charge in [-0.25, -0.2) is 18.4 Å². The molecule has 1 aliphatic carbocycles. The first kappa shape index (κ1) is 21.9. The summed E-state index contributed by atoms with van der Waals surface area (Å²) in [4.78, 5) is 36.8. The Morgan fingerprint density at radius 1 is 1.24 bits per heavy atom. The lowest BCUT2D eigenvalue weighted by atomic mass is 9.97. The zero-order valence-corrected chi connectivity index (χ0v) is 18.1. The molecular weight excluding hydrogens is 450 g/mol. The number of benzene rings is 2. The summed E-state index contributed by atoms with van der Waals surface area (Å²) in [6, 6.07) is 8.54. The van der Waals surface area contributed by atoms with Gasteiger partial charge in [0.15, 0.2) is 17.4 Å². The summed E-state index contributed by atoms with van der Waals surface area (Å²) in [5, 5.41) is 11.3. The van der Waals surface area contributed by atoms with Gasteiger partial charge in [-0.15, -0.1) is 0 Å². The lowest BCUT2D eigenvalue weighted by molar-refractivity contribution is 0.0694. The number of hydrogen-bond donors (Lipinski definition) is 2. The maximum atomic E-state index is 15.4. The smallest absolute Gasteiger partial charge is 0.408 e. The van der Waals surface area contributed by atoms with Crippen molar-refractivity contribution in [3.8, 4) is 5.75 Å². The Bertz CT molecular complexity index is 1400. The van der Waals surface area contributed by atoms with Crippen molar-refractivity contribution in [3.05, 3.63) is 75.1 Å². The number of aromatic nitrogens is 1. The lowest BCUT2D eigenvalue weighted by Crippen LogP contribution is -2.38. The average molecular weight is 470 g/mol. The number of rotatable bonds is 5. The first-order valence-corrected chi connectivity index (χ1v) is 10.7. The molecule has 2 aromatic carbocycles. The second kappa shape index (κ2) is 7.82. The molecule has 1 saturated carbocycles. The van der Waals surface area contributed by atoms with Gasteiger partial charge in [0.2, 0.25) is 5.43 Å². The maximum absolute atomic E-state index is 15.4. The van der Waals surface area contributed by atoms with Crippen molar-refractivity contribution in [1.82, 2.24) is 9.88 Å². The second-order valence-electron chi connectivity index (χ2n) is 8.57. The van der Waals surface area contributed by atoms with Gasteiger partial charge in [-0.1, -0.05) is 30.3 Å². The monoisotopic (exact) mass is 470 g/mol. The minimum absolute atomic E-state index is 0.00427. The number of nitrogens with one attached hydrogen (secondary N) is 1. The van der Waals surface area contributed by atoms with Crippen molar-refractivity contribution >= 4 is 23.0 Å². The summed E-state index contributed by atoms with van der Waals surface area (Å²) in [6.45, 7) is 1.73. The predicted molar refractivity (Wildman–Crippen MR) is 116 cm³/mol. The van der Waals surface area contributed by atoms with Crippen molar-refractivity contribution in [1.29, 1.82) is 0 Å². The Morgan fingerprint density at radius 2 is 1.94 bits per heavy atom. The third-order valence-corrected chi connectivity index (χ3v) is 6.27. The van der Waals surface area contributed by atoms with E-state index in [2.05, 4.69) is 5.32 Å². The summed E-state index contributed by atoms with van der Waals surface area (Å²) in [5.41, 5.74) is -2.56. The van der Waals surface area contributed by atoms with E-state index in [1.807, 2.05) is 6.07 Å². The molecular formula is C24H20F2N2O6. The van der Waals surface area contributed by atoms with E-state index in [1.54, 1.807) is 31.2 Å². The van der Waals surface area contributed by atoms with E-state index in [-0.39, 0.29) is 30.0 Å². The van der Waals surface area contributed by atoms with E-state index >= 15 is 8.78 Å². The highest BCUT2D eigenvalue weighted by molar-refractivity contribution is 5.96. The molecule has 2 N–H and O–H groups in total. The summed E-state index contributed by atoms with van der Waals surface area (Å²) in [6.07, 6.45) is 0.916. The molecule has 0 bridgehead atoms. The normalized spacial score (nSPS) is 17.7. The standard InChI is InChI=1S/C24H20F2N2O6/c1-12-10-33-21-16(24(7-8-24)27-23(32)34-11-13-5-3-2-4-6-13)18(26)17(25)15-19(21)28(12)9-14(20(15)29)22(30)31/h2-6,9,12H,7-8,10-11H2,1H3,(H,27,32)(H,30,31). The van der Waals surface area contributed by atoms with Gasteiger partial charge in [0.25, 0.3) is 0 Å². The fraction of sp³-hybridized carbons (Fsp3) is 0.292. The number of hydrogen-bond acceptors (Lipinski definition) is 5. The number of aromatic carboxylic acids is 1. The molecule has 2 aliphatic rings. The van der Waals surface area contributed by atoms with Crippen LogP contribution >= 0.6 is 0 Å². The van der Waals surface area contributed by atoms with Crippen LogP contribution in [-0.2, 0) is 16.9 Å². The number of carbonyl (C=O) groups is 2. The van der Waals surface area contributed by atoms with E-state index in [0.717, 1.165) is 11.8 Å². The fourth-order valence-electron chi connectivity index (χ4n) is 4.37. The Labute approximate surface area is 191 Å².